The molecule has 1 N–H and O–H groups in total. The fraction of sp³-hybridized carbons (Fsp3) is 0.727. The Balaban J connectivity index is 2.53. The molecule has 3 heteroatoms. The lowest BCUT2D eigenvalue weighted by Gasteiger charge is -1.96. The maximum atomic E-state index is 9.53. The van der Waals surface area contributed by atoms with Crippen LogP contribution in [0.2, 0.25) is 0 Å². The average Bonchev–Trinajstić information content (AvgIpc) is 2.53. The van der Waals surface area contributed by atoms with Gasteiger partial charge in [-0.1, -0.05) is 26.7 Å². The van der Waals surface area contributed by atoms with E-state index in [4.69, 9.17) is 0 Å². The number of hydrogen-bond donors (Lipinski definition) is 1. The molecular weight excluding hydrogens is 176 g/mol. The molecule has 0 bridgehead atoms. The third-order valence-corrected chi connectivity index (χ3v) is 2.36. The normalized spacial score (nSPS) is 10.7. The number of nitrogens with zero attached hydrogens (tertiary/aromatic N) is 2. The Labute approximate surface area is 85.8 Å². The molecule has 1 aromatic rings. The Morgan fingerprint density at radius 3 is 2.64 bits per heavy atom. The largest absolute Gasteiger partial charge is 0.492 e. The van der Waals surface area contributed by atoms with Gasteiger partial charge >= 0.3 is 0 Å². The van der Waals surface area contributed by atoms with E-state index in [-0.39, 0.29) is 5.88 Å². The molecule has 0 aliphatic carbocycles. The molecule has 0 saturated carbocycles. The van der Waals surface area contributed by atoms with Crippen molar-refractivity contribution in [1.29, 1.82) is 0 Å². The monoisotopic (exact) mass is 196 g/mol. The molecule has 1 heterocycles. The Bertz CT molecular complexity index is 268. The van der Waals surface area contributed by atoms with Gasteiger partial charge in [-0.15, -0.1) is 5.10 Å². The molecule has 0 amide bonds. The van der Waals surface area contributed by atoms with Gasteiger partial charge < -0.3 is 5.11 Å². The van der Waals surface area contributed by atoms with Crippen LogP contribution in [0.5, 0.6) is 5.88 Å². The number of aromatic nitrogens is 2. The quantitative estimate of drug-likeness (QED) is 0.759. The highest BCUT2D eigenvalue weighted by Crippen LogP contribution is 2.16. The van der Waals surface area contributed by atoms with Gasteiger partial charge in [0, 0.05) is 18.3 Å². The fourth-order valence-electron chi connectivity index (χ4n) is 1.43. The van der Waals surface area contributed by atoms with Crippen molar-refractivity contribution in [3.63, 3.8) is 0 Å². The molecule has 0 aromatic carbocycles. The van der Waals surface area contributed by atoms with Gasteiger partial charge in [0.15, 0.2) is 0 Å². The first-order chi connectivity index (χ1) is 6.77. The van der Waals surface area contributed by atoms with E-state index in [0.29, 0.717) is 0 Å². The van der Waals surface area contributed by atoms with Crippen LogP contribution in [0, 0.1) is 0 Å². The van der Waals surface area contributed by atoms with Crippen LogP contribution in [0.1, 0.15) is 45.1 Å². The molecule has 0 spiro atoms. The van der Waals surface area contributed by atoms with Crippen molar-refractivity contribution in [3.8, 4) is 5.88 Å². The second-order valence-corrected chi connectivity index (χ2v) is 3.70. The number of rotatable bonds is 6. The van der Waals surface area contributed by atoms with E-state index in [0.717, 1.165) is 44.2 Å². The molecule has 0 atom stereocenters. The highest BCUT2D eigenvalue weighted by Gasteiger charge is 2.05. The van der Waals surface area contributed by atoms with Crippen LogP contribution in [-0.4, -0.2) is 14.9 Å². The summed E-state index contributed by atoms with van der Waals surface area (Å²) in [5.74, 6) is 0.217. The highest BCUT2D eigenvalue weighted by molar-refractivity contribution is 5.21. The van der Waals surface area contributed by atoms with Crippen LogP contribution in [0.15, 0.2) is 6.20 Å². The predicted molar refractivity (Wildman–Crippen MR) is 57.4 cm³/mol. The summed E-state index contributed by atoms with van der Waals surface area (Å²) in [4.78, 5) is 0. The van der Waals surface area contributed by atoms with Crippen LogP contribution in [0.4, 0.5) is 0 Å². The lowest BCUT2D eigenvalue weighted by atomic mass is 10.1. The van der Waals surface area contributed by atoms with Crippen LogP contribution in [-0.2, 0) is 13.0 Å². The van der Waals surface area contributed by atoms with Crippen LogP contribution < -0.4 is 0 Å². The molecule has 3 nitrogen and oxygen atoms in total. The van der Waals surface area contributed by atoms with E-state index in [1.54, 1.807) is 0 Å². The maximum Gasteiger partial charge on any atom is 0.233 e. The average molecular weight is 196 g/mol. The van der Waals surface area contributed by atoms with Crippen molar-refractivity contribution in [1.82, 2.24) is 9.78 Å². The summed E-state index contributed by atoms with van der Waals surface area (Å²) < 4.78 is 1.85. The Hall–Kier alpha value is -0.990. The standard InChI is InChI=1S/C11H20N2O/c1-3-5-7-10-9-13(8-6-4-2)12-11(10)14/h9H,3-8H2,1-2H3,(H,12,14). The third kappa shape index (κ3) is 3.05. The van der Waals surface area contributed by atoms with Crippen LogP contribution >= 0.6 is 0 Å². The van der Waals surface area contributed by atoms with Gasteiger partial charge in [-0.05, 0) is 19.3 Å². The second-order valence-electron chi connectivity index (χ2n) is 3.70. The summed E-state index contributed by atoms with van der Waals surface area (Å²) in [6.07, 6.45) is 7.46. The van der Waals surface area contributed by atoms with Gasteiger partial charge in [0.2, 0.25) is 5.88 Å². The van der Waals surface area contributed by atoms with Gasteiger partial charge in [-0.2, -0.15) is 0 Å². The van der Waals surface area contributed by atoms with Crippen molar-refractivity contribution in [2.24, 2.45) is 0 Å². The zero-order valence-corrected chi connectivity index (χ0v) is 9.16. The molecule has 0 aliphatic heterocycles. The maximum absolute atomic E-state index is 9.53. The number of aromatic hydroxyl groups is 1. The molecule has 0 unspecified atom stereocenters. The zero-order chi connectivity index (χ0) is 10.4. The SMILES string of the molecule is CCCCc1cn(CCCC)nc1O. The predicted octanol–water partition coefficient (Wildman–Crippen LogP) is 2.73. The minimum atomic E-state index is 0.217. The molecule has 0 radical (unpaired) electrons. The molecule has 1 rings (SSSR count). The van der Waals surface area contributed by atoms with Gasteiger partial charge in [-0.25, -0.2) is 0 Å². The number of hydrogen-bond acceptors (Lipinski definition) is 2. The number of aryl methyl sites for hydroxylation is 2. The first-order valence-electron chi connectivity index (χ1n) is 5.53. The molecule has 0 saturated heterocycles. The minimum Gasteiger partial charge on any atom is -0.492 e. The van der Waals surface area contributed by atoms with Crippen LogP contribution in [0.3, 0.4) is 0 Å². The van der Waals surface area contributed by atoms with E-state index < -0.39 is 0 Å². The Kier molecular flexibility index (Phi) is 4.50. The summed E-state index contributed by atoms with van der Waals surface area (Å²) in [7, 11) is 0. The molecule has 14 heavy (non-hydrogen) atoms. The molecule has 80 valence electrons. The highest BCUT2D eigenvalue weighted by atomic mass is 16.3. The summed E-state index contributed by atoms with van der Waals surface area (Å²) in [6.45, 7) is 5.22. The minimum absolute atomic E-state index is 0.217. The smallest absolute Gasteiger partial charge is 0.233 e. The van der Waals surface area contributed by atoms with Gasteiger partial charge in [0.25, 0.3) is 0 Å². The lowest BCUT2D eigenvalue weighted by Crippen LogP contribution is -1.97. The van der Waals surface area contributed by atoms with E-state index in [2.05, 4.69) is 18.9 Å². The molecule has 0 aliphatic rings. The topological polar surface area (TPSA) is 38.0 Å². The van der Waals surface area contributed by atoms with Crippen molar-refractivity contribution < 1.29 is 5.11 Å². The van der Waals surface area contributed by atoms with Gasteiger partial charge in [0.1, 0.15) is 0 Å². The van der Waals surface area contributed by atoms with E-state index >= 15 is 0 Å². The van der Waals surface area contributed by atoms with Crippen molar-refractivity contribution in [3.05, 3.63) is 11.8 Å². The number of unbranched alkanes of at least 4 members (excludes halogenated alkanes) is 2. The summed E-state index contributed by atoms with van der Waals surface area (Å²) in [5, 5.41) is 13.6. The lowest BCUT2D eigenvalue weighted by molar-refractivity contribution is 0.430. The Morgan fingerprint density at radius 1 is 1.29 bits per heavy atom. The van der Waals surface area contributed by atoms with Crippen molar-refractivity contribution >= 4 is 0 Å². The molecule has 0 fully saturated rings. The molecule has 1 aromatic heterocycles. The van der Waals surface area contributed by atoms with Gasteiger partial charge in [-0.3, -0.25) is 4.68 Å². The first-order valence-corrected chi connectivity index (χ1v) is 5.53. The van der Waals surface area contributed by atoms with Gasteiger partial charge in [0.05, 0.1) is 0 Å². The summed E-state index contributed by atoms with van der Waals surface area (Å²) >= 11 is 0. The first kappa shape index (κ1) is 11.1. The van der Waals surface area contributed by atoms with E-state index in [9.17, 15) is 5.11 Å². The molecular formula is C11H20N2O. The summed E-state index contributed by atoms with van der Waals surface area (Å²) in [5.41, 5.74) is 0.989. The van der Waals surface area contributed by atoms with Crippen molar-refractivity contribution in [2.75, 3.05) is 0 Å². The zero-order valence-electron chi connectivity index (χ0n) is 9.16. The second kappa shape index (κ2) is 5.68. The van der Waals surface area contributed by atoms with Crippen LogP contribution in [0.25, 0.3) is 0 Å². The summed E-state index contributed by atoms with van der Waals surface area (Å²) in [6, 6.07) is 0. The third-order valence-electron chi connectivity index (χ3n) is 2.36. The fourth-order valence-corrected chi connectivity index (χ4v) is 1.43. The van der Waals surface area contributed by atoms with E-state index in [1.165, 1.54) is 0 Å². The van der Waals surface area contributed by atoms with E-state index in [1.807, 2.05) is 10.9 Å². The van der Waals surface area contributed by atoms with Crippen molar-refractivity contribution in [2.45, 2.75) is 52.5 Å². The Morgan fingerprint density at radius 2 is 2.00 bits per heavy atom.